The molecule has 0 radical (unpaired) electrons. The van der Waals surface area contributed by atoms with Gasteiger partial charge in [0.25, 0.3) is 5.91 Å². The molecule has 0 aromatic heterocycles. The molecule has 0 saturated heterocycles. The van der Waals surface area contributed by atoms with Gasteiger partial charge in [0.2, 0.25) is 5.91 Å². The molecule has 6 nitrogen and oxygen atoms in total. The molecule has 156 valence electrons. The third-order valence-electron chi connectivity index (χ3n) is 4.38. The lowest BCUT2D eigenvalue weighted by Gasteiger charge is -2.28. The molecule has 0 bridgehead atoms. The Bertz CT molecular complexity index is 811. The van der Waals surface area contributed by atoms with Gasteiger partial charge >= 0.3 is 0 Å². The number of amides is 2. The second-order valence-electron chi connectivity index (χ2n) is 6.58. The van der Waals surface area contributed by atoms with Crippen LogP contribution in [0.4, 0.5) is 0 Å². The van der Waals surface area contributed by atoms with Gasteiger partial charge < -0.3 is 19.7 Å². The largest absolute Gasteiger partial charge is 0.497 e. The van der Waals surface area contributed by atoms with E-state index < -0.39 is 6.04 Å². The summed E-state index contributed by atoms with van der Waals surface area (Å²) in [5.41, 5.74) is 0.877. The SMILES string of the molecule is CCCNC(=O)C(C)N(Cc1cccc(OC)c1)C(=O)COc1ccc(I)cc1. The zero-order valence-electron chi connectivity index (χ0n) is 17.0. The Morgan fingerprint density at radius 2 is 1.86 bits per heavy atom. The van der Waals surface area contributed by atoms with Gasteiger partial charge in [-0.1, -0.05) is 19.1 Å². The van der Waals surface area contributed by atoms with Gasteiger partial charge in [0.1, 0.15) is 17.5 Å². The van der Waals surface area contributed by atoms with Crippen LogP contribution in [0.5, 0.6) is 11.5 Å². The Labute approximate surface area is 185 Å². The number of hydrogen-bond acceptors (Lipinski definition) is 4. The Balaban J connectivity index is 2.14. The molecule has 1 unspecified atom stereocenters. The van der Waals surface area contributed by atoms with Crippen molar-refractivity contribution in [3.8, 4) is 11.5 Å². The second kappa shape index (κ2) is 11.6. The molecule has 0 aliphatic heterocycles. The monoisotopic (exact) mass is 510 g/mol. The molecule has 0 fully saturated rings. The minimum atomic E-state index is -0.624. The molecule has 29 heavy (non-hydrogen) atoms. The highest BCUT2D eigenvalue weighted by Gasteiger charge is 2.26. The highest BCUT2D eigenvalue weighted by atomic mass is 127. The summed E-state index contributed by atoms with van der Waals surface area (Å²) in [6.45, 7) is 4.43. The summed E-state index contributed by atoms with van der Waals surface area (Å²) in [4.78, 5) is 27.0. The van der Waals surface area contributed by atoms with Crippen LogP contribution in [-0.2, 0) is 16.1 Å². The summed E-state index contributed by atoms with van der Waals surface area (Å²) in [6, 6.07) is 14.3. The first-order valence-electron chi connectivity index (χ1n) is 9.53. The summed E-state index contributed by atoms with van der Waals surface area (Å²) >= 11 is 2.21. The van der Waals surface area contributed by atoms with Crippen LogP contribution in [0.15, 0.2) is 48.5 Å². The summed E-state index contributed by atoms with van der Waals surface area (Å²) < 4.78 is 12.0. The van der Waals surface area contributed by atoms with Gasteiger partial charge in [-0.3, -0.25) is 9.59 Å². The molecule has 0 heterocycles. The summed E-state index contributed by atoms with van der Waals surface area (Å²) in [5, 5.41) is 2.86. The van der Waals surface area contributed by atoms with Gasteiger partial charge in [-0.25, -0.2) is 0 Å². The summed E-state index contributed by atoms with van der Waals surface area (Å²) in [6.07, 6.45) is 0.832. The van der Waals surface area contributed by atoms with E-state index in [1.807, 2.05) is 55.5 Å². The number of carbonyl (C=O) groups excluding carboxylic acids is 2. The quantitative estimate of drug-likeness (QED) is 0.496. The van der Waals surface area contributed by atoms with E-state index in [9.17, 15) is 9.59 Å². The van der Waals surface area contributed by atoms with Crippen molar-refractivity contribution in [1.29, 1.82) is 0 Å². The van der Waals surface area contributed by atoms with E-state index in [0.29, 0.717) is 18.0 Å². The number of carbonyl (C=O) groups is 2. The average molecular weight is 510 g/mol. The molecule has 0 aliphatic rings. The lowest BCUT2D eigenvalue weighted by molar-refractivity contribution is -0.142. The molecule has 2 rings (SSSR count). The summed E-state index contributed by atoms with van der Waals surface area (Å²) in [7, 11) is 1.59. The van der Waals surface area contributed by atoms with Crippen molar-refractivity contribution in [3.05, 3.63) is 57.7 Å². The van der Waals surface area contributed by atoms with E-state index in [4.69, 9.17) is 9.47 Å². The normalized spacial score (nSPS) is 11.4. The number of hydrogen-bond donors (Lipinski definition) is 1. The number of halogens is 1. The maximum Gasteiger partial charge on any atom is 0.261 e. The number of benzene rings is 2. The maximum absolute atomic E-state index is 13.0. The lowest BCUT2D eigenvalue weighted by atomic mass is 10.1. The average Bonchev–Trinajstić information content (AvgIpc) is 2.74. The predicted molar refractivity (Wildman–Crippen MR) is 121 cm³/mol. The van der Waals surface area contributed by atoms with Gasteiger partial charge in [-0.05, 0) is 77.9 Å². The van der Waals surface area contributed by atoms with Crippen LogP contribution >= 0.6 is 22.6 Å². The van der Waals surface area contributed by atoms with Crippen molar-refractivity contribution in [1.82, 2.24) is 10.2 Å². The fourth-order valence-corrected chi connectivity index (χ4v) is 3.06. The summed E-state index contributed by atoms with van der Waals surface area (Å²) in [5.74, 6) is 0.874. The smallest absolute Gasteiger partial charge is 0.261 e. The van der Waals surface area contributed by atoms with Crippen molar-refractivity contribution in [2.45, 2.75) is 32.9 Å². The van der Waals surface area contributed by atoms with Gasteiger partial charge in [0, 0.05) is 16.7 Å². The van der Waals surface area contributed by atoms with Crippen LogP contribution in [0.3, 0.4) is 0 Å². The minimum Gasteiger partial charge on any atom is -0.497 e. The Kier molecular flexibility index (Phi) is 9.24. The van der Waals surface area contributed by atoms with Crippen LogP contribution in [0, 0.1) is 3.57 Å². The molecule has 2 aromatic carbocycles. The van der Waals surface area contributed by atoms with Gasteiger partial charge in [0.15, 0.2) is 6.61 Å². The zero-order valence-corrected chi connectivity index (χ0v) is 19.1. The van der Waals surface area contributed by atoms with Crippen LogP contribution in [-0.4, -0.2) is 43.0 Å². The van der Waals surface area contributed by atoms with Gasteiger partial charge in [-0.15, -0.1) is 0 Å². The van der Waals surface area contributed by atoms with E-state index in [0.717, 1.165) is 15.6 Å². The van der Waals surface area contributed by atoms with Gasteiger partial charge in [0.05, 0.1) is 7.11 Å². The predicted octanol–water partition coefficient (Wildman–Crippen LogP) is 3.62. The van der Waals surface area contributed by atoms with Crippen molar-refractivity contribution in [2.75, 3.05) is 20.3 Å². The molecule has 2 aromatic rings. The van der Waals surface area contributed by atoms with Crippen molar-refractivity contribution in [3.63, 3.8) is 0 Å². The topological polar surface area (TPSA) is 67.9 Å². The van der Waals surface area contributed by atoms with Crippen LogP contribution in [0.25, 0.3) is 0 Å². The van der Waals surface area contributed by atoms with Crippen molar-refractivity contribution in [2.24, 2.45) is 0 Å². The molecule has 1 atom stereocenters. The van der Waals surface area contributed by atoms with Crippen LogP contribution in [0.2, 0.25) is 0 Å². The maximum atomic E-state index is 13.0. The third-order valence-corrected chi connectivity index (χ3v) is 5.10. The molecule has 1 N–H and O–H groups in total. The molecule has 7 heteroatoms. The van der Waals surface area contributed by atoms with E-state index in [1.165, 1.54) is 4.90 Å². The molecule has 0 aliphatic carbocycles. The van der Waals surface area contributed by atoms with E-state index in [2.05, 4.69) is 27.9 Å². The zero-order chi connectivity index (χ0) is 21.2. The third kappa shape index (κ3) is 7.23. The minimum absolute atomic E-state index is 0.143. The molecule has 0 saturated carbocycles. The fraction of sp³-hybridized carbons (Fsp3) is 0.364. The first-order valence-corrected chi connectivity index (χ1v) is 10.6. The lowest BCUT2D eigenvalue weighted by Crippen LogP contribution is -2.49. The van der Waals surface area contributed by atoms with Crippen molar-refractivity contribution >= 4 is 34.4 Å². The van der Waals surface area contributed by atoms with Crippen LogP contribution in [0.1, 0.15) is 25.8 Å². The van der Waals surface area contributed by atoms with E-state index >= 15 is 0 Å². The van der Waals surface area contributed by atoms with Crippen molar-refractivity contribution < 1.29 is 19.1 Å². The highest BCUT2D eigenvalue weighted by molar-refractivity contribution is 14.1. The molecule has 2 amide bonds. The van der Waals surface area contributed by atoms with Crippen LogP contribution < -0.4 is 14.8 Å². The molecular formula is C22H27IN2O4. The second-order valence-corrected chi connectivity index (χ2v) is 7.83. The first-order chi connectivity index (χ1) is 13.9. The van der Waals surface area contributed by atoms with E-state index in [1.54, 1.807) is 14.0 Å². The Morgan fingerprint density at radius 3 is 2.52 bits per heavy atom. The fourth-order valence-electron chi connectivity index (χ4n) is 2.70. The molecule has 0 spiro atoms. The standard InChI is InChI=1S/C22H27IN2O4/c1-4-12-24-22(27)16(2)25(14-17-6-5-7-20(13-17)28-3)21(26)15-29-19-10-8-18(23)9-11-19/h5-11,13,16H,4,12,14-15H2,1-3H3,(H,24,27). The van der Waals surface area contributed by atoms with E-state index in [-0.39, 0.29) is 25.0 Å². The Hall–Kier alpha value is -2.29. The Morgan fingerprint density at radius 1 is 1.14 bits per heavy atom. The molecular weight excluding hydrogens is 483 g/mol. The number of ether oxygens (including phenoxy) is 2. The first kappa shape index (κ1) is 23.0. The number of rotatable bonds is 10. The number of methoxy groups -OCH3 is 1. The number of nitrogens with zero attached hydrogens (tertiary/aromatic N) is 1. The highest BCUT2D eigenvalue weighted by Crippen LogP contribution is 2.17. The van der Waals surface area contributed by atoms with Gasteiger partial charge in [-0.2, -0.15) is 0 Å². The number of nitrogens with one attached hydrogen (secondary N) is 1.